The third-order valence-electron chi connectivity index (χ3n) is 4.74. The molecular formula is C16H18N4O2. The Morgan fingerprint density at radius 1 is 1.23 bits per heavy atom. The number of furan rings is 1. The number of aromatic nitrogens is 2. The fourth-order valence-electron chi connectivity index (χ4n) is 3.69. The largest absolute Gasteiger partial charge is 0.469 e. The number of fused-ring (bicyclic) bond motifs is 1. The summed E-state index contributed by atoms with van der Waals surface area (Å²) in [5.74, 6) is 1.54. The molecule has 0 aliphatic carbocycles. The number of likely N-dealkylation sites (tertiary alicyclic amines) is 1. The van der Waals surface area contributed by atoms with Gasteiger partial charge in [-0.2, -0.15) is 0 Å². The van der Waals surface area contributed by atoms with Gasteiger partial charge in [0, 0.05) is 25.5 Å². The first kappa shape index (κ1) is 13.3. The molecule has 0 aromatic carbocycles. The Kier molecular flexibility index (Phi) is 3.10. The van der Waals surface area contributed by atoms with E-state index in [9.17, 15) is 4.79 Å². The maximum absolute atomic E-state index is 12.7. The summed E-state index contributed by atoms with van der Waals surface area (Å²) in [7, 11) is 0. The lowest BCUT2D eigenvalue weighted by Gasteiger charge is -2.25. The van der Waals surface area contributed by atoms with E-state index in [4.69, 9.17) is 4.42 Å². The highest BCUT2D eigenvalue weighted by Crippen LogP contribution is 2.34. The van der Waals surface area contributed by atoms with Crippen LogP contribution in [0, 0.1) is 6.92 Å². The molecule has 4 heterocycles. The predicted octanol–water partition coefficient (Wildman–Crippen LogP) is 1.87. The number of hydrogen-bond donors (Lipinski definition) is 0. The summed E-state index contributed by atoms with van der Waals surface area (Å²) in [6, 6.07) is 4.14. The van der Waals surface area contributed by atoms with E-state index in [0.29, 0.717) is 17.4 Å². The number of carbonyl (C=O) groups excluding carboxylic acids is 1. The minimum atomic E-state index is 0.0783. The molecule has 114 valence electrons. The lowest BCUT2D eigenvalue weighted by atomic mass is 10.1. The van der Waals surface area contributed by atoms with Crippen molar-refractivity contribution < 1.29 is 9.21 Å². The van der Waals surface area contributed by atoms with Crippen LogP contribution in [0.2, 0.25) is 0 Å². The zero-order valence-electron chi connectivity index (χ0n) is 12.5. The van der Waals surface area contributed by atoms with E-state index in [1.807, 2.05) is 17.9 Å². The molecule has 4 rings (SSSR count). The Bertz CT molecular complexity index is 684. The molecule has 6 nitrogen and oxygen atoms in total. The van der Waals surface area contributed by atoms with Crippen molar-refractivity contribution >= 4 is 11.9 Å². The van der Waals surface area contributed by atoms with Crippen LogP contribution in [0.3, 0.4) is 0 Å². The van der Waals surface area contributed by atoms with Gasteiger partial charge in [-0.15, -0.1) is 0 Å². The topological polar surface area (TPSA) is 62.5 Å². The average molecular weight is 298 g/mol. The second kappa shape index (κ2) is 5.12. The second-order valence-corrected chi connectivity index (χ2v) is 5.84. The molecule has 2 atom stereocenters. The molecule has 0 bridgehead atoms. The van der Waals surface area contributed by atoms with Crippen LogP contribution in [-0.2, 0) is 0 Å². The Hall–Kier alpha value is -2.37. The van der Waals surface area contributed by atoms with E-state index in [-0.39, 0.29) is 11.9 Å². The third kappa shape index (κ3) is 1.98. The highest BCUT2D eigenvalue weighted by molar-refractivity contribution is 5.95. The zero-order valence-corrected chi connectivity index (χ0v) is 12.5. The van der Waals surface area contributed by atoms with Crippen LogP contribution in [0.15, 0.2) is 35.2 Å². The van der Waals surface area contributed by atoms with Gasteiger partial charge < -0.3 is 14.2 Å². The van der Waals surface area contributed by atoms with Gasteiger partial charge in [-0.05, 0) is 31.9 Å². The Balaban J connectivity index is 1.56. The fraction of sp³-hybridized carbons (Fsp3) is 0.438. The van der Waals surface area contributed by atoms with Gasteiger partial charge in [-0.25, -0.2) is 9.97 Å². The van der Waals surface area contributed by atoms with Crippen LogP contribution in [0.25, 0.3) is 0 Å². The van der Waals surface area contributed by atoms with Crippen molar-refractivity contribution in [3.05, 3.63) is 42.1 Å². The van der Waals surface area contributed by atoms with Crippen LogP contribution in [0.4, 0.5) is 5.95 Å². The van der Waals surface area contributed by atoms with Crippen LogP contribution in [0.1, 0.15) is 29.0 Å². The van der Waals surface area contributed by atoms with Crippen LogP contribution in [-0.4, -0.2) is 45.9 Å². The normalized spacial score (nSPS) is 23.9. The van der Waals surface area contributed by atoms with Crippen molar-refractivity contribution in [2.45, 2.75) is 31.8 Å². The Morgan fingerprint density at radius 2 is 2.00 bits per heavy atom. The van der Waals surface area contributed by atoms with Crippen molar-refractivity contribution in [2.75, 3.05) is 18.0 Å². The highest BCUT2D eigenvalue weighted by Gasteiger charge is 2.45. The number of rotatable bonds is 2. The standard InChI is InChI=1S/C16H18N4O2/c1-11-12(5-10-22-11)15(21)19-8-3-14-13(19)4-9-20(14)16-17-6-2-7-18-16/h2,5-7,10,13-14H,3-4,8-9H2,1H3/t13-,14+/m1/s1. The quantitative estimate of drug-likeness (QED) is 0.847. The third-order valence-corrected chi connectivity index (χ3v) is 4.74. The van der Waals surface area contributed by atoms with Crippen LogP contribution in [0.5, 0.6) is 0 Å². The molecule has 6 heteroatoms. The van der Waals surface area contributed by atoms with Gasteiger partial charge in [0.05, 0.1) is 23.9 Å². The molecule has 0 radical (unpaired) electrons. The smallest absolute Gasteiger partial charge is 0.257 e. The van der Waals surface area contributed by atoms with E-state index in [1.54, 1.807) is 24.7 Å². The van der Waals surface area contributed by atoms with E-state index in [0.717, 1.165) is 31.9 Å². The predicted molar refractivity (Wildman–Crippen MR) is 80.7 cm³/mol. The van der Waals surface area contributed by atoms with Crippen molar-refractivity contribution in [1.82, 2.24) is 14.9 Å². The molecule has 2 aliphatic rings. The maximum atomic E-state index is 12.7. The van der Waals surface area contributed by atoms with E-state index in [1.165, 1.54) is 0 Å². The molecule has 2 aliphatic heterocycles. The summed E-state index contributed by atoms with van der Waals surface area (Å²) in [6.07, 6.45) is 7.04. The van der Waals surface area contributed by atoms with Gasteiger partial charge in [-0.3, -0.25) is 4.79 Å². The minimum absolute atomic E-state index is 0.0783. The van der Waals surface area contributed by atoms with Gasteiger partial charge in [-0.1, -0.05) is 0 Å². The molecule has 2 saturated heterocycles. The monoisotopic (exact) mass is 298 g/mol. The minimum Gasteiger partial charge on any atom is -0.469 e. The number of aryl methyl sites for hydroxylation is 1. The van der Waals surface area contributed by atoms with E-state index in [2.05, 4.69) is 14.9 Å². The number of anilines is 1. The van der Waals surface area contributed by atoms with Crippen molar-refractivity contribution in [3.8, 4) is 0 Å². The van der Waals surface area contributed by atoms with Gasteiger partial charge in [0.2, 0.25) is 5.95 Å². The summed E-state index contributed by atoms with van der Waals surface area (Å²) in [6.45, 7) is 3.51. The number of nitrogens with zero attached hydrogens (tertiary/aromatic N) is 4. The Morgan fingerprint density at radius 3 is 2.73 bits per heavy atom. The van der Waals surface area contributed by atoms with Crippen molar-refractivity contribution in [1.29, 1.82) is 0 Å². The van der Waals surface area contributed by atoms with Crippen LogP contribution < -0.4 is 4.90 Å². The summed E-state index contributed by atoms with van der Waals surface area (Å²) < 4.78 is 5.27. The summed E-state index contributed by atoms with van der Waals surface area (Å²) >= 11 is 0. The molecule has 2 fully saturated rings. The summed E-state index contributed by atoms with van der Waals surface area (Å²) in [4.78, 5) is 25.7. The fourth-order valence-corrected chi connectivity index (χ4v) is 3.69. The molecule has 0 unspecified atom stereocenters. The Labute approximate surface area is 128 Å². The first-order chi connectivity index (χ1) is 10.8. The number of carbonyl (C=O) groups is 1. The first-order valence-electron chi connectivity index (χ1n) is 7.64. The molecule has 0 N–H and O–H groups in total. The number of hydrogen-bond acceptors (Lipinski definition) is 5. The van der Waals surface area contributed by atoms with Gasteiger partial charge in [0.1, 0.15) is 5.76 Å². The molecule has 1 amide bonds. The van der Waals surface area contributed by atoms with E-state index >= 15 is 0 Å². The van der Waals surface area contributed by atoms with Gasteiger partial charge in [0.25, 0.3) is 5.91 Å². The van der Waals surface area contributed by atoms with Gasteiger partial charge in [0.15, 0.2) is 0 Å². The molecule has 0 spiro atoms. The van der Waals surface area contributed by atoms with Gasteiger partial charge >= 0.3 is 0 Å². The van der Waals surface area contributed by atoms with Crippen molar-refractivity contribution in [3.63, 3.8) is 0 Å². The molecule has 2 aromatic heterocycles. The first-order valence-corrected chi connectivity index (χ1v) is 7.64. The maximum Gasteiger partial charge on any atom is 0.257 e. The van der Waals surface area contributed by atoms with E-state index < -0.39 is 0 Å². The molecule has 0 saturated carbocycles. The zero-order chi connectivity index (χ0) is 15.1. The van der Waals surface area contributed by atoms with Crippen molar-refractivity contribution in [2.24, 2.45) is 0 Å². The highest BCUT2D eigenvalue weighted by atomic mass is 16.3. The summed E-state index contributed by atoms with van der Waals surface area (Å²) in [5, 5.41) is 0. The second-order valence-electron chi connectivity index (χ2n) is 5.84. The molecule has 22 heavy (non-hydrogen) atoms. The number of amides is 1. The lowest BCUT2D eigenvalue weighted by molar-refractivity contribution is 0.0736. The average Bonchev–Trinajstić information content (AvgIpc) is 3.23. The summed E-state index contributed by atoms with van der Waals surface area (Å²) in [5.41, 5.74) is 0.676. The molecular weight excluding hydrogens is 280 g/mol. The molecule has 2 aromatic rings. The van der Waals surface area contributed by atoms with Crippen LogP contribution >= 0.6 is 0 Å². The SMILES string of the molecule is Cc1occc1C(=O)N1CC[C@H]2[C@H]1CCN2c1ncccn1. The lowest BCUT2D eigenvalue weighted by Crippen LogP contribution is -2.40.